The first-order valence-electron chi connectivity index (χ1n) is 5.11. The summed E-state index contributed by atoms with van der Waals surface area (Å²) in [4.78, 5) is 0. The minimum Gasteiger partial charge on any atom is -0.382 e. The van der Waals surface area contributed by atoms with Gasteiger partial charge in [0.25, 0.3) is 0 Å². The van der Waals surface area contributed by atoms with Crippen molar-refractivity contribution in [3.05, 3.63) is 50.7 Å². The van der Waals surface area contributed by atoms with Crippen LogP contribution in [0.15, 0.2) is 28.9 Å². The van der Waals surface area contributed by atoms with Gasteiger partial charge in [0.05, 0.1) is 16.9 Å². The number of aliphatic hydroxyl groups excluding tert-OH is 1. The van der Waals surface area contributed by atoms with Crippen molar-refractivity contribution in [1.29, 1.82) is 0 Å². The van der Waals surface area contributed by atoms with Crippen molar-refractivity contribution in [2.24, 2.45) is 7.05 Å². The first kappa shape index (κ1) is 12.6. The van der Waals surface area contributed by atoms with Crippen LogP contribution in [0, 0.1) is 6.92 Å². The minimum atomic E-state index is -0.772. The van der Waals surface area contributed by atoms with E-state index in [9.17, 15) is 5.11 Å². The van der Waals surface area contributed by atoms with Crippen molar-refractivity contribution < 1.29 is 5.11 Å². The van der Waals surface area contributed by atoms with E-state index in [2.05, 4.69) is 21.0 Å². The number of nitrogens with zero attached hydrogens (tertiary/aromatic N) is 2. The van der Waals surface area contributed by atoms with E-state index in [0.717, 1.165) is 15.6 Å². The predicted molar refractivity (Wildman–Crippen MR) is 71.2 cm³/mol. The number of benzene rings is 1. The van der Waals surface area contributed by atoms with E-state index in [1.165, 1.54) is 6.20 Å². The lowest BCUT2D eigenvalue weighted by atomic mass is 10.0. The van der Waals surface area contributed by atoms with Crippen LogP contribution in [-0.2, 0) is 7.05 Å². The number of aliphatic hydroxyl groups is 1. The summed E-state index contributed by atoms with van der Waals surface area (Å²) in [5, 5.41) is 14.8. The predicted octanol–water partition coefficient (Wildman–Crippen LogP) is 3.23. The molecule has 1 heterocycles. The van der Waals surface area contributed by atoms with Gasteiger partial charge in [-0.3, -0.25) is 4.68 Å². The molecule has 3 nitrogen and oxygen atoms in total. The molecule has 0 spiro atoms. The molecule has 0 amide bonds. The summed E-state index contributed by atoms with van der Waals surface area (Å²) in [7, 11) is 1.76. The summed E-state index contributed by atoms with van der Waals surface area (Å²) in [6.07, 6.45) is 0.761. The Hall–Kier alpha value is -0.840. The molecule has 0 aliphatic rings. The van der Waals surface area contributed by atoms with E-state index in [1.54, 1.807) is 11.7 Å². The third kappa shape index (κ3) is 2.54. The van der Waals surface area contributed by atoms with E-state index < -0.39 is 6.10 Å². The Morgan fingerprint density at radius 3 is 2.65 bits per heavy atom. The summed E-state index contributed by atoms with van der Waals surface area (Å²) in [6, 6.07) is 5.79. The number of rotatable bonds is 2. The van der Waals surface area contributed by atoms with Crippen molar-refractivity contribution >= 4 is 27.5 Å². The highest BCUT2D eigenvalue weighted by atomic mass is 79.9. The normalized spacial score (nSPS) is 12.8. The second-order valence-electron chi connectivity index (χ2n) is 3.97. The molecule has 0 fully saturated rings. The first-order chi connectivity index (χ1) is 7.99. The summed E-state index contributed by atoms with van der Waals surface area (Å²) >= 11 is 9.43. The second-order valence-corrected chi connectivity index (χ2v) is 5.29. The zero-order valence-corrected chi connectivity index (χ0v) is 11.8. The lowest BCUT2D eigenvalue weighted by Crippen LogP contribution is -2.07. The van der Waals surface area contributed by atoms with Crippen LogP contribution in [0.4, 0.5) is 0 Å². The monoisotopic (exact) mass is 314 g/mol. The van der Waals surface area contributed by atoms with Crippen molar-refractivity contribution in [3.8, 4) is 0 Å². The van der Waals surface area contributed by atoms with E-state index in [-0.39, 0.29) is 0 Å². The Morgan fingerprint density at radius 1 is 1.41 bits per heavy atom. The summed E-state index contributed by atoms with van der Waals surface area (Å²) < 4.78 is 2.52. The molecule has 0 saturated heterocycles. The van der Waals surface area contributed by atoms with Crippen molar-refractivity contribution in [2.75, 3.05) is 0 Å². The molecule has 1 unspecified atom stereocenters. The molecule has 0 saturated carbocycles. The summed E-state index contributed by atoms with van der Waals surface area (Å²) in [6.45, 7) is 1.98. The Morgan fingerprint density at radius 2 is 2.12 bits per heavy atom. The molecule has 1 aromatic heterocycles. The molecule has 0 aliphatic carbocycles. The number of aromatic nitrogens is 2. The highest BCUT2D eigenvalue weighted by molar-refractivity contribution is 9.10. The Balaban J connectivity index is 2.47. The fourth-order valence-corrected chi connectivity index (χ4v) is 2.70. The molecule has 2 rings (SSSR count). The zero-order valence-electron chi connectivity index (χ0n) is 9.48. The zero-order chi connectivity index (χ0) is 12.6. The maximum absolute atomic E-state index is 10.3. The highest BCUT2D eigenvalue weighted by Crippen LogP contribution is 2.29. The standard InChI is InChI=1S/C12H12BrClN2O/c1-7-3-8(5-9(13)4-7)12(17)11-10(14)6-15-16(11)2/h3-6,12,17H,1-2H3. The molecular formula is C12H12BrClN2O. The second kappa shape index (κ2) is 4.80. The molecule has 90 valence electrons. The Kier molecular flexibility index (Phi) is 3.56. The largest absolute Gasteiger partial charge is 0.382 e. The Labute approximate surface area is 113 Å². The molecule has 0 bridgehead atoms. The molecule has 5 heteroatoms. The molecule has 0 radical (unpaired) electrons. The maximum atomic E-state index is 10.3. The van der Waals surface area contributed by atoms with Gasteiger partial charge in [-0.15, -0.1) is 0 Å². The SMILES string of the molecule is Cc1cc(Br)cc(C(O)c2c(Cl)cnn2C)c1. The van der Waals surface area contributed by atoms with E-state index in [1.807, 2.05) is 25.1 Å². The molecule has 17 heavy (non-hydrogen) atoms. The topological polar surface area (TPSA) is 38.1 Å². The van der Waals surface area contributed by atoms with Crippen LogP contribution in [0.3, 0.4) is 0 Å². The first-order valence-corrected chi connectivity index (χ1v) is 6.28. The third-order valence-corrected chi connectivity index (χ3v) is 3.33. The molecule has 1 N–H and O–H groups in total. The van der Waals surface area contributed by atoms with Gasteiger partial charge in [0, 0.05) is 11.5 Å². The lowest BCUT2D eigenvalue weighted by molar-refractivity contribution is 0.209. The van der Waals surface area contributed by atoms with Gasteiger partial charge < -0.3 is 5.11 Å². The van der Waals surface area contributed by atoms with Crippen LogP contribution in [-0.4, -0.2) is 14.9 Å². The summed E-state index contributed by atoms with van der Waals surface area (Å²) in [5.74, 6) is 0. The number of hydrogen-bond acceptors (Lipinski definition) is 2. The smallest absolute Gasteiger partial charge is 0.122 e. The van der Waals surface area contributed by atoms with Crippen LogP contribution in [0.25, 0.3) is 0 Å². The molecule has 1 aromatic carbocycles. The maximum Gasteiger partial charge on any atom is 0.122 e. The van der Waals surface area contributed by atoms with E-state index >= 15 is 0 Å². The van der Waals surface area contributed by atoms with Gasteiger partial charge in [-0.1, -0.05) is 33.6 Å². The van der Waals surface area contributed by atoms with Gasteiger partial charge in [0.15, 0.2) is 0 Å². The summed E-state index contributed by atoms with van der Waals surface area (Å²) in [5.41, 5.74) is 2.47. The van der Waals surface area contributed by atoms with Crippen LogP contribution in [0.5, 0.6) is 0 Å². The van der Waals surface area contributed by atoms with Gasteiger partial charge in [-0.25, -0.2) is 0 Å². The van der Waals surface area contributed by atoms with Crippen LogP contribution in [0.2, 0.25) is 5.02 Å². The van der Waals surface area contributed by atoms with E-state index in [4.69, 9.17) is 11.6 Å². The number of hydrogen-bond donors (Lipinski definition) is 1. The third-order valence-electron chi connectivity index (χ3n) is 2.58. The van der Waals surface area contributed by atoms with Crippen molar-refractivity contribution in [2.45, 2.75) is 13.0 Å². The average Bonchev–Trinajstić information content (AvgIpc) is 2.56. The number of aryl methyl sites for hydroxylation is 2. The highest BCUT2D eigenvalue weighted by Gasteiger charge is 2.18. The average molecular weight is 316 g/mol. The number of halogens is 2. The van der Waals surface area contributed by atoms with Crippen molar-refractivity contribution in [1.82, 2.24) is 9.78 Å². The Bertz CT molecular complexity index is 514. The van der Waals surface area contributed by atoms with Gasteiger partial charge in [0.1, 0.15) is 6.10 Å². The van der Waals surface area contributed by atoms with Crippen LogP contribution >= 0.6 is 27.5 Å². The van der Waals surface area contributed by atoms with Gasteiger partial charge in [-0.05, 0) is 30.2 Å². The lowest BCUT2D eigenvalue weighted by Gasteiger charge is -2.13. The quantitative estimate of drug-likeness (QED) is 0.924. The molecule has 2 aromatic rings. The molecular weight excluding hydrogens is 304 g/mol. The molecule has 0 aliphatic heterocycles. The van der Waals surface area contributed by atoms with Crippen molar-refractivity contribution in [3.63, 3.8) is 0 Å². The minimum absolute atomic E-state index is 0.470. The van der Waals surface area contributed by atoms with Gasteiger partial charge >= 0.3 is 0 Å². The van der Waals surface area contributed by atoms with Gasteiger partial charge in [0.2, 0.25) is 0 Å². The van der Waals surface area contributed by atoms with E-state index in [0.29, 0.717) is 10.7 Å². The fraction of sp³-hybridized carbons (Fsp3) is 0.250. The van der Waals surface area contributed by atoms with Crippen LogP contribution < -0.4 is 0 Å². The fourth-order valence-electron chi connectivity index (χ4n) is 1.81. The molecule has 1 atom stereocenters. The van der Waals surface area contributed by atoms with Gasteiger partial charge in [-0.2, -0.15) is 5.10 Å². The van der Waals surface area contributed by atoms with Crippen LogP contribution in [0.1, 0.15) is 22.9 Å².